The third kappa shape index (κ3) is 3.05. The van der Waals surface area contributed by atoms with Crippen LogP contribution in [-0.2, 0) is 9.53 Å². The summed E-state index contributed by atoms with van der Waals surface area (Å²) in [5.41, 5.74) is -3.20. The Morgan fingerprint density at radius 1 is 1.33 bits per heavy atom. The fraction of sp³-hybridized carbons (Fsp3) is 0.800. The molecule has 1 aliphatic carbocycles. The molecule has 0 aromatic heterocycles. The van der Waals surface area contributed by atoms with Crippen LogP contribution < -0.4 is 5.32 Å². The van der Waals surface area contributed by atoms with Gasteiger partial charge >= 0.3 is 18.2 Å². The van der Waals surface area contributed by atoms with E-state index in [1.165, 1.54) is 20.8 Å². The Balaban J connectivity index is 2.75. The second kappa shape index (κ2) is 4.03. The van der Waals surface area contributed by atoms with E-state index in [9.17, 15) is 22.8 Å². The summed E-state index contributed by atoms with van der Waals surface area (Å²) in [4.78, 5) is 22.2. The van der Waals surface area contributed by atoms with E-state index in [2.05, 4.69) is 0 Å². The van der Waals surface area contributed by atoms with Crippen molar-refractivity contribution in [3.05, 3.63) is 0 Å². The number of carbonyl (C=O) groups excluding carboxylic acids is 1. The minimum Gasteiger partial charge on any atom is -0.479 e. The molecule has 0 heterocycles. The molecular formula is C10H14F3NO4. The van der Waals surface area contributed by atoms with Crippen LogP contribution in [-0.4, -0.2) is 34.5 Å². The van der Waals surface area contributed by atoms with Crippen LogP contribution in [0.15, 0.2) is 0 Å². The second-order valence-electron chi connectivity index (χ2n) is 5.20. The first kappa shape index (κ1) is 14.6. The number of halogens is 3. The molecule has 18 heavy (non-hydrogen) atoms. The number of ether oxygens (including phenoxy) is 1. The van der Waals surface area contributed by atoms with Crippen LogP contribution >= 0.6 is 0 Å². The van der Waals surface area contributed by atoms with Gasteiger partial charge in [0.25, 0.3) is 0 Å². The number of carboxylic acid groups (broad SMARTS) is 1. The average Bonchev–Trinajstić information content (AvgIpc) is 2.75. The molecule has 0 spiro atoms. The van der Waals surface area contributed by atoms with Crippen molar-refractivity contribution >= 4 is 12.1 Å². The molecule has 5 nitrogen and oxygen atoms in total. The maximum atomic E-state index is 12.4. The Morgan fingerprint density at radius 2 is 1.83 bits per heavy atom. The summed E-state index contributed by atoms with van der Waals surface area (Å²) in [6.07, 6.45) is -6.50. The zero-order valence-corrected chi connectivity index (χ0v) is 10.1. The fourth-order valence-electron chi connectivity index (χ4n) is 1.57. The number of alkyl carbamates (subject to hydrolysis) is 1. The van der Waals surface area contributed by atoms with E-state index < -0.39 is 41.7 Å². The largest absolute Gasteiger partial charge is 0.479 e. The molecule has 1 aliphatic rings. The summed E-state index contributed by atoms with van der Waals surface area (Å²) in [6, 6.07) is 0. The minimum atomic E-state index is -4.66. The number of amides is 1. The third-order valence-corrected chi connectivity index (χ3v) is 2.46. The summed E-state index contributed by atoms with van der Waals surface area (Å²) in [6.45, 7) is 4.57. The van der Waals surface area contributed by atoms with Crippen LogP contribution in [0.2, 0.25) is 0 Å². The highest BCUT2D eigenvalue weighted by molar-refractivity contribution is 5.88. The molecule has 0 bridgehead atoms. The lowest BCUT2D eigenvalue weighted by Gasteiger charge is -2.22. The molecule has 0 aromatic rings. The Hall–Kier alpha value is -1.47. The van der Waals surface area contributed by atoms with E-state index in [1.807, 2.05) is 0 Å². The van der Waals surface area contributed by atoms with Crippen LogP contribution in [0.25, 0.3) is 0 Å². The van der Waals surface area contributed by atoms with Gasteiger partial charge in [-0.05, 0) is 27.2 Å². The summed E-state index contributed by atoms with van der Waals surface area (Å²) < 4.78 is 42.0. The van der Waals surface area contributed by atoms with Gasteiger partial charge in [0.15, 0.2) is 5.54 Å². The topological polar surface area (TPSA) is 75.6 Å². The molecule has 104 valence electrons. The van der Waals surface area contributed by atoms with Crippen LogP contribution in [0.5, 0.6) is 0 Å². The third-order valence-electron chi connectivity index (χ3n) is 2.46. The molecule has 0 unspecified atom stereocenters. The first-order chi connectivity index (χ1) is 7.88. The van der Waals surface area contributed by atoms with Crippen molar-refractivity contribution in [3.63, 3.8) is 0 Å². The lowest BCUT2D eigenvalue weighted by molar-refractivity contribution is -0.163. The maximum Gasteiger partial charge on any atom is 0.408 e. The van der Waals surface area contributed by atoms with E-state index >= 15 is 0 Å². The standard InChI is InChI=1S/C10H14F3NO4/c1-8(2,3)18-7(17)14-9(6(15)16)4-5(9)10(11,12)13/h5H,4H2,1-3H3,(H,14,17)(H,15,16)/t5-,9-/m0/s1. The number of carboxylic acids is 1. The summed E-state index contributed by atoms with van der Waals surface area (Å²) in [5, 5.41) is 10.6. The number of aliphatic carboxylic acids is 1. The highest BCUT2D eigenvalue weighted by Gasteiger charge is 2.72. The summed E-state index contributed by atoms with van der Waals surface area (Å²) in [5.74, 6) is -3.79. The van der Waals surface area contributed by atoms with Crippen LogP contribution in [0.3, 0.4) is 0 Å². The molecule has 1 fully saturated rings. The number of hydrogen-bond donors (Lipinski definition) is 2. The van der Waals surface area contributed by atoms with E-state index in [0.717, 1.165) is 0 Å². The molecule has 2 atom stereocenters. The number of hydrogen-bond acceptors (Lipinski definition) is 3. The van der Waals surface area contributed by atoms with Crippen molar-refractivity contribution < 1.29 is 32.6 Å². The van der Waals surface area contributed by atoms with Crippen molar-refractivity contribution in [1.82, 2.24) is 5.32 Å². The van der Waals surface area contributed by atoms with Gasteiger partial charge in [0.05, 0.1) is 5.92 Å². The van der Waals surface area contributed by atoms with Gasteiger partial charge < -0.3 is 15.2 Å². The maximum absolute atomic E-state index is 12.4. The molecular weight excluding hydrogens is 255 g/mol. The molecule has 0 saturated heterocycles. The van der Waals surface area contributed by atoms with Crippen molar-refractivity contribution in [2.24, 2.45) is 5.92 Å². The van der Waals surface area contributed by atoms with E-state index in [4.69, 9.17) is 9.84 Å². The highest BCUT2D eigenvalue weighted by atomic mass is 19.4. The fourth-order valence-corrected chi connectivity index (χ4v) is 1.57. The molecule has 0 aromatic carbocycles. The number of carbonyl (C=O) groups is 2. The normalized spacial score (nSPS) is 27.6. The molecule has 1 saturated carbocycles. The smallest absolute Gasteiger partial charge is 0.408 e. The summed E-state index contributed by atoms with van der Waals surface area (Å²) in [7, 11) is 0. The van der Waals surface area contributed by atoms with Crippen LogP contribution in [0.1, 0.15) is 27.2 Å². The Morgan fingerprint density at radius 3 is 2.11 bits per heavy atom. The highest BCUT2D eigenvalue weighted by Crippen LogP contribution is 2.53. The van der Waals surface area contributed by atoms with Gasteiger partial charge in [-0.1, -0.05) is 0 Å². The van der Waals surface area contributed by atoms with Gasteiger partial charge in [-0.3, -0.25) is 0 Å². The first-order valence-corrected chi connectivity index (χ1v) is 5.20. The molecule has 1 rings (SSSR count). The average molecular weight is 269 g/mol. The van der Waals surface area contributed by atoms with Gasteiger partial charge in [0.1, 0.15) is 5.60 Å². The number of rotatable bonds is 2. The SMILES string of the molecule is CC(C)(C)OC(=O)N[C@@]1(C(=O)O)C[C@@H]1C(F)(F)F. The number of alkyl halides is 3. The molecule has 2 N–H and O–H groups in total. The quantitative estimate of drug-likeness (QED) is 0.803. The van der Waals surface area contributed by atoms with E-state index in [-0.39, 0.29) is 0 Å². The molecule has 0 radical (unpaired) electrons. The Bertz CT molecular complexity index is 374. The number of nitrogens with one attached hydrogen (secondary N) is 1. The molecule has 1 amide bonds. The summed E-state index contributed by atoms with van der Waals surface area (Å²) >= 11 is 0. The predicted molar refractivity (Wildman–Crippen MR) is 53.9 cm³/mol. The van der Waals surface area contributed by atoms with Crippen LogP contribution in [0, 0.1) is 5.92 Å². The van der Waals surface area contributed by atoms with Gasteiger partial charge in [-0.2, -0.15) is 13.2 Å². The van der Waals surface area contributed by atoms with E-state index in [1.54, 1.807) is 5.32 Å². The molecule has 0 aliphatic heterocycles. The van der Waals surface area contributed by atoms with Crippen LogP contribution in [0.4, 0.5) is 18.0 Å². The monoisotopic (exact) mass is 269 g/mol. The zero-order chi connectivity index (χ0) is 14.4. The van der Waals surface area contributed by atoms with E-state index in [0.29, 0.717) is 0 Å². The van der Waals surface area contributed by atoms with Crippen molar-refractivity contribution in [1.29, 1.82) is 0 Å². The lowest BCUT2D eigenvalue weighted by Crippen LogP contribution is -2.48. The second-order valence-corrected chi connectivity index (χ2v) is 5.20. The predicted octanol–water partition coefficient (Wildman–Crippen LogP) is 1.92. The Kier molecular flexibility index (Phi) is 3.27. The first-order valence-electron chi connectivity index (χ1n) is 5.20. The van der Waals surface area contributed by atoms with Crippen molar-refractivity contribution in [3.8, 4) is 0 Å². The lowest BCUT2D eigenvalue weighted by atomic mass is 10.2. The van der Waals surface area contributed by atoms with Gasteiger partial charge in [0.2, 0.25) is 0 Å². The van der Waals surface area contributed by atoms with Crippen molar-refractivity contribution in [2.75, 3.05) is 0 Å². The zero-order valence-electron chi connectivity index (χ0n) is 10.1. The van der Waals surface area contributed by atoms with Gasteiger partial charge in [-0.15, -0.1) is 0 Å². The Labute approximate surface area is 101 Å². The van der Waals surface area contributed by atoms with Gasteiger partial charge in [0, 0.05) is 0 Å². The molecule has 8 heteroatoms. The van der Waals surface area contributed by atoms with Crippen molar-refractivity contribution in [2.45, 2.75) is 44.5 Å². The minimum absolute atomic E-state index is 0.676. The van der Waals surface area contributed by atoms with Gasteiger partial charge in [-0.25, -0.2) is 9.59 Å².